The molecular formula is C36H68NO8P. The summed E-state index contributed by atoms with van der Waals surface area (Å²) in [6.07, 6.45) is 28.0. The first-order chi connectivity index (χ1) is 22.0. The molecule has 0 aliphatic rings. The molecule has 0 N–H and O–H groups in total. The Morgan fingerprint density at radius 2 is 1.17 bits per heavy atom. The lowest BCUT2D eigenvalue weighted by atomic mass is 10.1. The summed E-state index contributed by atoms with van der Waals surface area (Å²) >= 11 is 0. The van der Waals surface area contributed by atoms with Gasteiger partial charge in [0.25, 0.3) is 7.82 Å². The third-order valence-corrected chi connectivity index (χ3v) is 8.44. The highest BCUT2D eigenvalue weighted by Crippen LogP contribution is 2.38. The molecule has 0 rings (SSSR count). The Morgan fingerprint density at radius 3 is 1.76 bits per heavy atom. The molecule has 0 aliphatic carbocycles. The van der Waals surface area contributed by atoms with Crippen molar-refractivity contribution in [2.45, 2.75) is 148 Å². The number of phosphoric acid groups is 1. The van der Waals surface area contributed by atoms with Crippen LogP contribution in [0, 0.1) is 0 Å². The second kappa shape index (κ2) is 29.6. The van der Waals surface area contributed by atoms with Gasteiger partial charge >= 0.3 is 11.9 Å². The summed E-state index contributed by atoms with van der Waals surface area (Å²) in [5, 5.41) is 0. The van der Waals surface area contributed by atoms with Crippen LogP contribution >= 0.6 is 7.82 Å². The molecule has 0 aromatic carbocycles. The van der Waals surface area contributed by atoms with Crippen molar-refractivity contribution in [1.82, 2.24) is 0 Å². The van der Waals surface area contributed by atoms with E-state index in [-0.39, 0.29) is 26.1 Å². The van der Waals surface area contributed by atoms with E-state index in [2.05, 4.69) is 38.2 Å². The van der Waals surface area contributed by atoms with Gasteiger partial charge in [-0.3, -0.25) is 14.2 Å². The number of hydrogen-bond acceptors (Lipinski definition) is 8. The van der Waals surface area contributed by atoms with Gasteiger partial charge in [-0.1, -0.05) is 109 Å². The maximum Gasteiger partial charge on any atom is 0.306 e. The van der Waals surface area contributed by atoms with Gasteiger partial charge < -0.3 is 27.9 Å². The van der Waals surface area contributed by atoms with Gasteiger partial charge in [0.1, 0.15) is 19.8 Å². The van der Waals surface area contributed by atoms with Crippen LogP contribution in [-0.2, 0) is 32.7 Å². The van der Waals surface area contributed by atoms with Gasteiger partial charge in [0.15, 0.2) is 6.10 Å². The van der Waals surface area contributed by atoms with Crippen molar-refractivity contribution in [2.24, 2.45) is 0 Å². The maximum atomic E-state index is 12.5. The number of unbranched alkanes of at least 4 members (excludes halogenated alkanes) is 14. The molecule has 2 atom stereocenters. The van der Waals surface area contributed by atoms with Gasteiger partial charge in [-0.05, 0) is 44.9 Å². The van der Waals surface area contributed by atoms with Crippen molar-refractivity contribution in [1.29, 1.82) is 0 Å². The van der Waals surface area contributed by atoms with Crippen LogP contribution in [0.1, 0.15) is 142 Å². The smallest absolute Gasteiger partial charge is 0.306 e. The first-order valence-corrected chi connectivity index (χ1v) is 19.5. The molecule has 0 saturated heterocycles. The van der Waals surface area contributed by atoms with Gasteiger partial charge in [-0.25, -0.2) is 0 Å². The van der Waals surface area contributed by atoms with E-state index >= 15 is 0 Å². The predicted octanol–water partition coefficient (Wildman–Crippen LogP) is 8.60. The van der Waals surface area contributed by atoms with Crippen molar-refractivity contribution in [3.8, 4) is 0 Å². The average Bonchev–Trinajstić information content (AvgIpc) is 2.99. The van der Waals surface area contributed by atoms with Gasteiger partial charge in [-0.15, -0.1) is 0 Å². The van der Waals surface area contributed by atoms with Crippen LogP contribution in [-0.4, -0.2) is 70.0 Å². The number of allylic oxidation sites excluding steroid dienone is 4. The predicted molar refractivity (Wildman–Crippen MR) is 185 cm³/mol. The van der Waals surface area contributed by atoms with E-state index in [0.29, 0.717) is 17.4 Å². The number of carbonyl (C=O) groups is 2. The van der Waals surface area contributed by atoms with E-state index < -0.39 is 32.5 Å². The molecular weight excluding hydrogens is 605 g/mol. The number of ether oxygens (including phenoxy) is 2. The summed E-state index contributed by atoms with van der Waals surface area (Å²) in [6.45, 7) is 4.10. The molecule has 1 unspecified atom stereocenters. The van der Waals surface area contributed by atoms with E-state index in [1.54, 1.807) is 0 Å². The number of quaternary nitrogens is 1. The van der Waals surface area contributed by atoms with Crippen LogP contribution in [0.25, 0.3) is 0 Å². The van der Waals surface area contributed by atoms with E-state index in [0.717, 1.165) is 51.4 Å². The molecule has 46 heavy (non-hydrogen) atoms. The quantitative estimate of drug-likeness (QED) is 0.0230. The summed E-state index contributed by atoms with van der Waals surface area (Å²) in [5.74, 6) is -0.881. The zero-order valence-corrected chi connectivity index (χ0v) is 30.9. The van der Waals surface area contributed by atoms with Crippen LogP contribution in [0.4, 0.5) is 0 Å². The normalized spacial score (nSPS) is 14.1. The van der Waals surface area contributed by atoms with Gasteiger partial charge in [-0.2, -0.15) is 0 Å². The molecule has 270 valence electrons. The molecule has 0 spiro atoms. The number of rotatable bonds is 32. The Bertz CT molecular complexity index is 855. The second-order valence-electron chi connectivity index (χ2n) is 13.2. The Morgan fingerprint density at radius 1 is 0.674 bits per heavy atom. The lowest BCUT2D eigenvalue weighted by molar-refractivity contribution is -0.870. The minimum absolute atomic E-state index is 0.0356. The van der Waals surface area contributed by atoms with E-state index in [1.165, 1.54) is 57.8 Å². The molecule has 9 nitrogen and oxygen atoms in total. The number of phosphoric ester groups is 1. The Hall–Kier alpha value is -1.51. The van der Waals surface area contributed by atoms with Crippen LogP contribution in [0.2, 0.25) is 0 Å². The SMILES string of the molecule is CCCCCCCC/C=C/C/C=C/CCCCC(=O)O[C@H](COC(=O)CCCCCCCCC)COP(=O)([O-])OCC[N+](C)(C)C. The van der Waals surface area contributed by atoms with Crippen molar-refractivity contribution in [2.75, 3.05) is 47.5 Å². The van der Waals surface area contributed by atoms with Crippen LogP contribution < -0.4 is 4.89 Å². The maximum absolute atomic E-state index is 12.5. The fourth-order valence-corrected chi connectivity index (χ4v) is 5.29. The minimum Gasteiger partial charge on any atom is -0.756 e. The molecule has 0 amide bonds. The van der Waals surface area contributed by atoms with E-state index in [1.807, 2.05) is 21.1 Å². The molecule has 0 aromatic rings. The van der Waals surface area contributed by atoms with Crippen molar-refractivity contribution in [3.05, 3.63) is 24.3 Å². The highest BCUT2D eigenvalue weighted by Gasteiger charge is 2.21. The molecule has 0 heterocycles. The third-order valence-electron chi connectivity index (χ3n) is 7.47. The number of esters is 2. The second-order valence-corrected chi connectivity index (χ2v) is 14.6. The zero-order valence-electron chi connectivity index (χ0n) is 30.0. The number of hydrogen-bond donors (Lipinski definition) is 0. The third kappa shape index (κ3) is 32.4. The number of likely N-dealkylation sites (N-methyl/N-ethyl adjacent to an activating group) is 1. The van der Waals surface area contributed by atoms with Crippen LogP contribution in [0.5, 0.6) is 0 Å². The van der Waals surface area contributed by atoms with Gasteiger partial charge in [0, 0.05) is 12.8 Å². The topological polar surface area (TPSA) is 111 Å². The fraction of sp³-hybridized carbons (Fsp3) is 0.833. The fourth-order valence-electron chi connectivity index (χ4n) is 4.56. The molecule has 0 radical (unpaired) electrons. The van der Waals surface area contributed by atoms with Crippen LogP contribution in [0.3, 0.4) is 0 Å². The molecule has 0 aromatic heterocycles. The standard InChI is InChI=1S/C36H68NO8P/c1-6-8-10-12-14-15-16-17-18-19-20-21-23-25-27-29-36(39)45-34(33-44-46(40,41)43-31-30-37(3,4)5)32-42-35(38)28-26-24-22-13-11-9-7-2/h17-18,20-21,34H,6-16,19,22-33H2,1-5H3/b18-17+,21-20+/t34-/m1/s1. The molecule has 10 heteroatoms. The highest BCUT2D eigenvalue weighted by atomic mass is 31.2. The lowest BCUT2D eigenvalue weighted by Gasteiger charge is -2.28. The molecule has 0 aliphatic heterocycles. The van der Waals surface area contributed by atoms with Crippen molar-refractivity contribution < 1.29 is 42.1 Å². The average molecular weight is 674 g/mol. The molecule has 0 fully saturated rings. The Balaban J connectivity index is 4.49. The molecule has 0 bridgehead atoms. The Labute approximate surface area is 281 Å². The number of nitrogens with zero attached hydrogens (tertiary/aromatic N) is 1. The lowest BCUT2D eigenvalue weighted by Crippen LogP contribution is -2.37. The largest absolute Gasteiger partial charge is 0.756 e. The first-order valence-electron chi connectivity index (χ1n) is 18.0. The van der Waals surface area contributed by atoms with E-state index in [9.17, 15) is 19.0 Å². The summed E-state index contributed by atoms with van der Waals surface area (Å²) in [5.41, 5.74) is 0. The van der Waals surface area contributed by atoms with Crippen molar-refractivity contribution >= 4 is 19.8 Å². The summed E-state index contributed by atoms with van der Waals surface area (Å²) in [6, 6.07) is 0. The van der Waals surface area contributed by atoms with E-state index in [4.69, 9.17) is 18.5 Å². The zero-order chi connectivity index (χ0) is 34.4. The van der Waals surface area contributed by atoms with Gasteiger partial charge in [0.2, 0.25) is 0 Å². The molecule has 0 saturated carbocycles. The van der Waals surface area contributed by atoms with Crippen molar-refractivity contribution in [3.63, 3.8) is 0 Å². The summed E-state index contributed by atoms with van der Waals surface area (Å²) in [7, 11) is 1.14. The summed E-state index contributed by atoms with van der Waals surface area (Å²) in [4.78, 5) is 37.1. The first kappa shape index (κ1) is 44.5. The minimum atomic E-state index is -4.61. The monoisotopic (exact) mass is 673 g/mol. The number of carbonyl (C=O) groups excluding carboxylic acids is 2. The summed E-state index contributed by atoms with van der Waals surface area (Å²) < 4.78 is 33.5. The highest BCUT2D eigenvalue weighted by molar-refractivity contribution is 7.45. The van der Waals surface area contributed by atoms with Crippen LogP contribution in [0.15, 0.2) is 24.3 Å². The van der Waals surface area contributed by atoms with Gasteiger partial charge in [0.05, 0.1) is 27.7 Å². The Kier molecular flexibility index (Phi) is 28.6.